The number of carbonyl (C=O) groups excluding carboxylic acids is 1. The molecule has 29 heavy (non-hydrogen) atoms. The number of aryl methyl sites for hydroxylation is 1. The molecule has 3 aromatic carbocycles. The van der Waals surface area contributed by atoms with Gasteiger partial charge in [-0.2, -0.15) is 0 Å². The average molecular weight is 411 g/mol. The SMILES string of the molecule is COc1ccc(S(=O)(=O)c2c(NC(=O)c3ccccc3)cc(C)c(O)c2C)cc1. The largest absolute Gasteiger partial charge is 0.507 e. The maximum atomic E-state index is 13.4. The number of nitrogens with one attached hydrogen (secondary N) is 1. The second-order valence-corrected chi connectivity index (χ2v) is 8.43. The van der Waals surface area contributed by atoms with Crippen LogP contribution in [0.2, 0.25) is 0 Å². The van der Waals surface area contributed by atoms with E-state index in [0.717, 1.165) is 0 Å². The first kappa shape index (κ1) is 20.4. The van der Waals surface area contributed by atoms with Crippen LogP contribution >= 0.6 is 0 Å². The molecule has 3 rings (SSSR count). The van der Waals surface area contributed by atoms with E-state index in [4.69, 9.17) is 4.74 Å². The van der Waals surface area contributed by atoms with Crippen molar-refractivity contribution in [3.8, 4) is 11.5 Å². The number of hydrogen-bond donors (Lipinski definition) is 2. The molecule has 0 aromatic heterocycles. The molecule has 7 heteroatoms. The molecule has 0 heterocycles. The number of ether oxygens (including phenoxy) is 1. The first-order valence-electron chi connectivity index (χ1n) is 8.84. The molecule has 0 aliphatic rings. The molecule has 6 nitrogen and oxygen atoms in total. The molecule has 0 fully saturated rings. The molecule has 0 atom stereocenters. The summed E-state index contributed by atoms with van der Waals surface area (Å²) in [5.74, 6) is -0.0545. The lowest BCUT2D eigenvalue weighted by Crippen LogP contribution is -2.16. The third-order valence-electron chi connectivity index (χ3n) is 4.60. The molecular formula is C22H21NO5S. The van der Waals surface area contributed by atoms with Gasteiger partial charge in [-0.3, -0.25) is 4.79 Å². The second-order valence-electron chi connectivity index (χ2n) is 6.54. The van der Waals surface area contributed by atoms with E-state index < -0.39 is 15.7 Å². The summed E-state index contributed by atoms with van der Waals surface area (Å²) in [4.78, 5) is 12.5. The summed E-state index contributed by atoms with van der Waals surface area (Å²) in [6.07, 6.45) is 0. The molecule has 2 N–H and O–H groups in total. The predicted molar refractivity (Wildman–Crippen MR) is 110 cm³/mol. The second kappa shape index (κ2) is 7.97. The van der Waals surface area contributed by atoms with Gasteiger partial charge in [-0.25, -0.2) is 8.42 Å². The first-order chi connectivity index (χ1) is 13.8. The van der Waals surface area contributed by atoms with Crippen LogP contribution in [0, 0.1) is 13.8 Å². The summed E-state index contributed by atoms with van der Waals surface area (Å²) in [5.41, 5.74) is 1.13. The highest BCUT2D eigenvalue weighted by Crippen LogP contribution is 2.38. The minimum atomic E-state index is -4.02. The van der Waals surface area contributed by atoms with E-state index in [2.05, 4.69) is 5.32 Å². The number of rotatable bonds is 5. The number of anilines is 1. The number of methoxy groups -OCH3 is 1. The van der Waals surface area contributed by atoms with Gasteiger partial charge in [0.1, 0.15) is 16.4 Å². The van der Waals surface area contributed by atoms with E-state index in [0.29, 0.717) is 16.9 Å². The number of phenols is 1. The van der Waals surface area contributed by atoms with Gasteiger partial charge in [-0.05, 0) is 61.9 Å². The number of hydrogen-bond acceptors (Lipinski definition) is 5. The fourth-order valence-corrected chi connectivity index (χ4v) is 4.68. The van der Waals surface area contributed by atoms with Crippen molar-refractivity contribution < 1.29 is 23.1 Å². The van der Waals surface area contributed by atoms with Crippen molar-refractivity contribution in [3.63, 3.8) is 0 Å². The van der Waals surface area contributed by atoms with Crippen molar-refractivity contribution in [2.75, 3.05) is 12.4 Å². The first-order valence-corrected chi connectivity index (χ1v) is 10.3. The Bertz CT molecular complexity index is 1150. The maximum Gasteiger partial charge on any atom is 0.255 e. The van der Waals surface area contributed by atoms with E-state index in [1.54, 1.807) is 49.4 Å². The van der Waals surface area contributed by atoms with Gasteiger partial charge < -0.3 is 15.2 Å². The summed E-state index contributed by atoms with van der Waals surface area (Å²) in [6, 6.07) is 15.9. The Morgan fingerprint density at radius 3 is 2.21 bits per heavy atom. The van der Waals surface area contributed by atoms with Crippen LogP contribution in [0.15, 0.2) is 70.5 Å². The number of sulfone groups is 1. The van der Waals surface area contributed by atoms with Crippen molar-refractivity contribution in [3.05, 3.63) is 77.4 Å². The standard InChI is InChI=1S/C22H21NO5S/c1-14-13-19(23-22(25)16-7-5-4-6-8-16)21(15(2)20(14)24)29(26,27)18-11-9-17(28-3)10-12-18/h4-13,24H,1-3H3,(H,23,25). The Morgan fingerprint density at radius 2 is 1.62 bits per heavy atom. The zero-order valence-corrected chi connectivity index (χ0v) is 17.1. The lowest BCUT2D eigenvalue weighted by atomic mass is 10.1. The van der Waals surface area contributed by atoms with Gasteiger partial charge in [0.2, 0.25) is 9.84 Å². The third kappa shape index (κ3) is 3.95. The minimum Gasteiger partial charge on any atom is -0.507 e. The highest BCUT2D eigenvalue weighted by molar-refractivity contribution is 7.91. The van der Waals surface area contributed by atoms with Crippen molar-refractivity contribution in [2.24, 2.45) is 0 Å². The van der Waals surface area contributed by atoms with E-state index in [1.165, 1.54) is 32.2 Å². The van der Waals surface area contributed by atoms with Crippen LogP contribution in [-0.4, -0.2) is 26.5 Å². The molecule has 150 valence electrons. The average Bonchev–Trinajstić information content (AvgIpc) is 2.72. The molecule has 0 unspecified atom stereocenters. The summed E-state index contributed by atoms with van der Waals surface area (Å²) < 4.78 is 31.8. The number of benzene rings is 3. The molecule has 0 aliphatic carbocycles. The van der Waals surface area contributed by atoms with E-state index in [1.807, 2.05) is 0 Å². The zero-order valence-electron chi connectivity index (χ0n) is 16.3. The van der Waals surface area contributed by atoms with Crippen LogP contribution in [-0.2, 0) is 9.84 Å². The van der Waals surface area contributed by atoms with Crippen LogP contribution in [0.1, 0.15) is 21.5 Å². The van der Waals surface area contributed by atoms with Crippen LogP contribution < -0.4 is 10.1 Å². The zero-order chi connectivity index (χ0) is 21.2. The molecule has 1 amide bonds. The monoisotopic (exact) mass is 411 g/mol. The third-order valence-corrected chi connectivity index (χ3v) is 6.55. The number of carbonyl (C=O) groups is 1. The van der Waals surface area contributed by atoms with E-state index >= 15 is 0 Å². The van der Waals surface area contributed by atoms with Crippen LogP contribution in [0.25, 0.3) is 0 Å². The van der Waals surface area contributed by atoms with Crippen LogP contribution in [0.3, 0.4) is 0 Å². The maximum absolute atomic E-state index is 13.4. The summed E-state index contributed by atoms with van der Waals surface area (Å²) in [6.45, 7) is 3.15. The topological polar surface area (TPSA) is 92.7 Å². The molecule has 0 saturated carbocycles. The normalized spacial score (nSPS) is 11.1. The summed E-state index contributed by atoms with van der Waals surface area (Å²) in [5, 5.41) is 13.0. The Hall–Kier alpha value is -3.32. The summed E-state index contributed by atoms with van der Waals surface area (Å²) >= 11 is 0. The molecule has 3 aromatic rings. The van der Waals surface area contributed by atoms with Gasteiger partial charge >= 0.3 is 0 Å². The quantitative estimate of drug-likeness (QED) is 0.617. The minimum absolute atomic E-state index is 0.0277. The Morgan fingerprint density at radius 1 is 1.00 bits per heavy atom. The molecule has 0 spiro atoms. The van der Waals surface area contributed by atoms with Gasteiger partial charge in [0.15, 0.2) is 0 Å². The van der Waals surface area contributed by atoms with Gasteiger partial charge in [-0.15, -0.1) is 0 Å². The van der Waals surface area contributed by atoms with Crippen molar-refractivity contribution in [2.45, 2.75) is 23.6 Å². The van der Waals surface area contributed by atoms with E-state index in [-0.39, 0.29) is 26.8 Å². The molecule has 0 aliphatic heterocycles. The van der Waals surface area contributed by atoms with E-state index in [9.17, 15) is 18.3 Å². The van der Waals surface area contributed by atoms with Gasteiger partial charge in [0.05, 0.1) is 17.7 Å². The predicted octanol–water partition coefficient (Wildman–Crippen LogP) is 4.10. The Kier molecular flexibility index (Phi) is 5.61. The van der Waals surface area contributed by atoms with Crippen molar-refractivity contribution >= 4 is 21.4 Å². The van der Waals surface area contributed by atoms with Crippen LogP contribution in [0.5, 0.6) is 11.5 Å². The van der Waals surface area contributed by atoms with Crippen LogP contribution in [0.4, 0.5) is 5.69 Å². The summed E-state index contributed by atoms with van der Waals surface area (Å²) in [7, 11) is -2.53. The molecule has 0 saturated heterocycles. The Labute approximate surface area is 169 Å². The van der Waals surface area contributed by atoms with Gasteiger partial charge in [0.25, 0.3) is 5.91 Å². The van der Waals surface area contributed by atoms with Crippen molar-refractivity contribution in [1.29, 1.82) is 0 Å². The van der Waals surface area contributed by atoms with Gasteiger partial charge in [0, 0.05) is 11.1 Å². The lowest BCUT2D eigenvalue weighted by Gasteiger charge is -2.17. The highest BCUT2D eigenvalue weighted by Gasteiger charge is 2.27. The number of phenolic OH excluding ortho intramolecular Hbond substituents is 1. The smallest absolute Gasteiger partial charge is 0.255 e. The number of aromatic hydroxyl groups is 1. The number of amides is 1. The fraction of sp³-hybridized carbons (Fsp3) is 0.136. The molecule has 0 radical (unpaired) electrons. The molecule has 0 bridgehead atoms. The lowest BCUT2D eigenvalue weighted by molar-refractivity contribution is 0.102. The van der Waals surface area contributed by atoms with Crippen molar-refractivity contribution in [1.82, 2.24) is 0 Å². The molecular weight excluding hydrogens is 390 g/mol. The fourth-order valence-electron chi connectivity index (χ4n) is 3.05. The highest BCUT2D eigenvalue weighted by atomic mass is 32.2. The van der Waals surface area contributed by atoms with Gasteiger partial charge in [-0.1, -0.05) is 18.2 Å². The Balaban J connectivity index is 2.14.